The van der Waals surface area contributed by atoms with Crippen LogP contribution in [0.2, 0.25) is 0 Å². The molecule has 0 aliphatic carbocycles. The fraction of sp³-hybridized carbons (Fsp3) is 0.227. The van der Waals surface area contributed by atoms with Gasteiger partial charge in [-0.15, -0.1) is 0 Å². The molecule has 1 aromatic heterocycles. The van der Waals surface area contributed by atoms with Gasteiger partial charge in [-0.3, -0.25) is 9.69 Å². The van der Waals surface area contributed by atoms with Crippen LogP contribution in [0.3, 0.4) is 0 Å². The Morgan fingerprint density at radius 1 is 1.03 bits per heavy atom. The smallest absolute Gasteiger partial charge is 0.482 e. The molecule has 0 saturated carbocycles. The van der Waals surface area contributed by atoms with Crippen molar-refractivity contribution < 1.29 is 26.5 Å². The summed E-state index contributed by atoms with van der Waals surface area (Å²) in [6.07, 6.45) is -3.13. The van der Waals surface area contributed by atoms with Crippen LogP contribution in [0.4, 0.5) is 13.2 Å². The average Bonchev–Trinajstić information content (AvgIpc) is 3.14. The van der Waals surface area contributed by atoms with E-state index in [-0.39, 0.29) is 17.8 Å². The maximum atomic E-state index is 12.9. The van der Waals surface area contributed by atoms with Crippen LogP contribution < -0.4 is 10.2 Å². The molecule has 4 rings (SSSR count). The molecule has 0 fully saturated rings. The largest absolute Gasteiger partial charge is 0.505 e. The zero-order chi connectivity index (χ0) is 22.0. The van der Waals surface area contributed by atoms with Crippen LogP contribution in [-0.4, -0.2) is 4.90 Å². The third-order valence-corrected chi connectivity index (χ3v) is 5.43. The molecular formula is C22H17F3NO4S+. The van der Waals surface area contributed by atoms with Crippen molar-refractivity contribution >= 4 is 11.7 Å². The van der Waals surface area contributed by atoms with Crippen molar-refractivity contribution in [3.8, 4) is 5.75 Å². The van der Waals surface area contributed by atoms with Crippen LogP contribution >= 0.6 is 0 Å². The van der Waals surface area contributed by atoms with Crippen molar-refractivity contribution in [2.45, 2.75) is 37.3 Å². The average molecular weight is 448 g/mol. The standard InChI is InChI=1S/C22H17F3NO4S/c23-22(24,25)17-4-3-15-9-26(10-16(15)7-17)11-18-8-20(27)21(13-29-18)30-12-14-1-5-19(31-28)6-2-14/h1-8,13H,9-12H2/q+1. The molecule has 0 spiro atoms. The van der Waals surface area contributed by atoms with Crippen molar-refractivity contribution in [3.63, 3.8) is 0 Å². The van der Waals surface area contributed by atoms with Gasteiger partial charge in [-0.25, -0.2) is 0 Å². The third-order valence-electron chi connectivity index (χ3n) is 4.97. The zero-order valence-corrected chi connectivity index (χ0v) is 17.0. The molecule has 0 saturated heterocycles. The molecule has 3 aromatic rings. The van der Waals surface area contributed by atoms with E-state index in [4.69, 9.17) is 9.15 Å². The molecule has 0 radical (unpaired) electrons. The third kappa shape index (κ3) is 5.00. The lowest BCUT2D eigenvalue weighted by molar-refractivity contribution is -0.137. The van der Waals surface area contributed by atoms with Gasteiger partial charge in [0.05, 0.1) is 12.1 Å². The summed E-state index contributed by atoms with van der Waals surface area (Å²) in [6, 6.07) is 11.9. The van der Waals surface area contributed by atoms with E-state index in [9.17, 15) is 22.2 Å². The summed E-state index contributed by atoms with van der Waals surface area (Å²) >= 11 is 0.397. The quantitative estimate of drug-likeness (QED) is 0.518. The molecule has 0 atom stereocenters. The van der Waals surface area contributed by atoms with Crippen LogP contribution in [0, 0.1) is 0 Å². The number of fused-ring (bicyclic) bond motifs is 1. The molecule has 0 bridgehead atoms. The van der Waals surface area contributed by atoms with Gasteiger partial charge in [-0.2, -0.15) is 13.2 Å². The number of alkyl halides is 3. The van der Waals surface area contributed by atoms with Crippen LogP contribution in [0.1, 0.15) is 28.0 Å². The summed E-state index contributed by atoms with van der Waals surface area (Å²) in [6.45, 7) is 1.27. The molecule has 31 heavy (non-hydrogen) atoms. The lowest BCUT2D eigenvalue weighted by Crippen LogP contribution is -2.17. The maximum Gasteiger partial charge on any atom is 0.505 e. The predicted octanol–water partition coefficient (Wildman–Crippen LogP) is 4.54. The monoisotopic (exact) mass is 448 g/mol. The van der Waals surface area contributed by atoms with E-state index >= 15 is 0 Å². The summed E-state index contributed by atoms with van der Waals surface area (Å²) in [5.41, 5.74) is 1.25. The highest BCUT2D eigenvalue weighted by molar-refractivity contribution is 7.65. The minimum absolute atomic E-state index is 0.0607. The van der Waals surface area contributed by atoms with E-state index in [1.165, 1.54) is 24.5 Å². The van der Waals surface area contributed by atoms with Gasteiger partial charge in [0.15, 0.2) is 0 Å². The normalized spacial score (nSPS) is 13.8. The summed E-state index contributed by atoms with van der Waals surface area (Å²) in [5.74, 6) is 0.462. The Labute approximate surface area is 179 Å². The van der Waals surface area contributed by atoms with Crippen LogP contribution in [-0.2, 0) is 48.3 Å². The topological polar surface area (TPSA) is 59.8 Å². The number of hydrogen-bond acceptors (Lipinski definition) is 5. The minimum atomic E-state index is -4.37. The second-order valence-electron chi connectivity index (χ2n) is 7.22. The van der Waals surface area contributed by atoms with Gasteiger partial charge in [0.1, 0.15) is 18.6 Å². The highest BCUT2D eigenvalue weighted by atomic mass is 32.1. The van der Waals surface area contributed by atoms with Gasteiger partial charge in [0.2, 0.25) is 11.2 Å². The number of ether oxygens (including phenoxy) is 1. The van der Waals surface area contributed by atoms with Gasteiger partial charge in [0, 0.05) is 35.5 Å². The molecule has 5 nitrogen and oxygen atoms in total. The Morgan fingerprint density at radius 2 is 1.77 bits per heavy atom. The number of rotatable bonds is 6. The summed E-state index contributed by atoms with van der Waals surface area (Å²) in [5, 5.41) is 0. The lowest BCUT2D eigenvalue weighted by Gasteiger charge is -2.14. The Morgan fingerprint density at radius 3 is 2.45 bits per heavy atom. The first-order valence-corrected chi connectivity index (χ1v) is 10.1. The summed E-state index contributed by atoms with van der Waals surface area (Å²) in [7, 11) is 0. The highest BCUT2D eigenvalue weighted by Crippen LogP contribution is 2.33. The molecule has 2 heterocycles. The molecule has 160 valence electrons. The first-order valence-electron chi connectivity index (χ1n) is 9.36. The summed E-state index contributed by atoms with van der Waals surface area (Å²) < 4.78 is 60.4. The van der Waals surface area contributed by atoms with Gasteiger partial charge in [-0.05, 0) is 41.0 Å². The molecule has 2 aromatic carbocycles. The van der Waals surface area contributed by atoms with E-state index in [2.05, 4.69) is 0 Å². The molecule has 0 amide bonds. The fourth-order valence-corrected chi connectivity index (χ4v) is 3.65. The van der Waals surface area contributed by atoms with E-state index in [0.29, 0.717) is 47.5 Å². The first kappa shape index (κ1) is 21.2. The van der Waals surface area contributed by atoms with E-state index < -0.39 is 11.7 Å². The van der Waals surface area contributed by atoms with Crippen LogP contribution in [0.15, 0.2) is 68.9 Å². The molecule has 0 N–H and O–H groups in total. The van der Waals surface area contributed by atoms with Gasteiger partial charge < -0.3 is 9.15 Å². The van der Waals surface area contributed by atoms with Crippen molar-refractivity contribution in [3.05, 3.63) is 93.0 Å². The van der Waals surface area contributed by atoms with Crippen molar-refractivity contribution in [1.82, 2.24) is 4.90 Å². The van der Waals surface area contributed by atoms with E-state index in [1.807, 2.05) is 4.90 Å². The Hall–Kier alpha value is -3.04. The second-order valence-corrected chi connectivity index (χ2v) is 7.86. The van der Waals surface area contributed by atoms with Crippen molar-refractivity contribution in [2.75, 3.05) is 0 Å². The number of halogens is 3. The Bertz CT molecular complexity index is 1160. The fourth-order valence-electron chi connectivity index (χ4n) is 3.40. The zero-order valence-electron chi connectivity index (χ0n) is 16.1. The molecule has 1 aliphatic heterocycles. The summed E-state index contributed by atoms with van der Waals surface area (Å²) in [4.78, 5) is 14.8. The Balaban J connectivity index is 1.38. The molecule has 9 heteroatoms. The first-order chi connectivity index (χ1) is 14.8. The van der Waals surface area contributed by atoms with E-state index in [1.54, 1.807) is 24.3 Å². The molecule has 1 aliphatic rings. The second kappa shape index (κ2) is 8.60. The lowest BCUT2D eigenvalue weighted by atomic mass is 10.1. The van der Waals surface area contributed by atoms with Crippen LogP contribution in [0.5, 0.6) is 5.75 Å². The number of nitrogens with zero attached hydrogens (tertiary/aromatic N) is 1. The molecule has 0 unspecified atom stereocenters. The van der Waals surface area contributed by atoms with E-state index in [0.717, 1.165) is 17.2 Å². The number of benzene rings is 2. The SMILES string of the molecule is O=[S+]c1ccc(COc2coc(CN3Cc4ccc(C(F)(F)F)cc4C3)cc2=O)cc1. The molecular weight excluding hydrogens is 431 g/mol. The maximum absolute atomic E-state index is 12.9. The Kier molecular flexibility index (Phi) is 5.88. The van der Waals surface area contributed by atoms with Gasteiger partial charge in [-0.1, -0.05) is 6.07 Å². The van der Waals surface area contributed by atoms with Gasteiger partial charge in [0.25, 0.3) is 4.90 Å². The van der Waals surface area contributed by atoms with Gasteiger partial charge >= 0.3 is 17.8 Å². The minimum Gasteiger partial charge on any atom is -0.482 e. The number of hydrogen-bond donors (Lipinski definition) is 0. The highest BCUT2D eigenvalue weighted by Gasteiger charge is 2.32. The van der Waals surface area contributed by atoms with Crippen molar-refractivity contribution in [2.24, 2.45) is 0 Å². The predicted molar refractivity (Wildman–Crippen MR) is 106 cm³/mol. The van der Waals surface area contributed by atoms with Crippen molar-refractivity contribution in [1.29, 1.82) is 0 Å². The van der Waals surface area contributed by atoms with Crippen LogP contribution in [0.25, 0.3) is 0 Å².